The van der Waals surface area contributed by atoms with Crippen LogP contribution in [0.2, 0.25) is 5.15 Å². The van der Waals surface area contributed by atoms with Gasteiger partial charge in [-0.05, 0) is 25.1 Å². The largest absolute Gasteiger partial charge is 0.503 e. The van der Waals surface area contributed by atoms with Gasteiger partial charge in [-0.15, -0.1) is 0 Å². The van der Waals surface area contributed by atoms with E-state index in [0.29, 0.717) is 28.2 Å². The van der Waals surface area contributed by atoms with Crippen molar-refractivity contribution >= 4 is 33.4 Å². The van der Waals surface area contributed by atoms with Gasteiger partial charge in [0.25, 0.3) is 0 Å². The Labute approximate surface area is 299 Å². The van der Waals surface area contributed by atoms with Crippen molar-refractivity contribution in [3.63, 3.8) is 0 Å². The lowest BCUT2D eigenvalue weighted by Gasteiger charge is -2.15. The van der Waals surface area contributed by atoms with Gasteiger partial charge in [0.1, 0.15) is 41.2 Å². The quantitative estimate of drug-likeness (QED) is 0.0913. The molecule has 2 heterocycles. The van der Waals surface area contributed by atoms with Crippen molar-refractivity contribution in [3.8, 4) is 46.7 Å². The van der Waals surface area contributed by atoms with Crippen LogP contribution in [0.4, 0.5) is 0 Å². The maximum absolute atomic E-state index is 12.4. The van der Waals surface area contributed by atoms with E-state index in [9.17, 15) is 18.5 Å². The van der Waals surface area contributed by atoms with Gasteiger partial charge in [0, 0.05) is 25.2 Å². The Kier molecular flexibility index (Phi) is 12.5. The first-order valence-electron chi connectivity index (χ1n) is 14.7. The average molecular weight is 728 g/mol. The second-order valence-electron chi connectivity index (χ2n) is 10.4. The molecule has 0 saturated heterocycles. The van der Waals surface area contributed by atoms with E-state index in [0.717, 1.165) is 13.8 Å². The van der Waals surface area contributed by atoms with Crippen molar-refractivity contribution in [2.45, 2.75) is 6.92 Å². The highest BCUT2D eigenvalue weighted by atomic mass is 35.5. The smallest absolute Gasteiger partial charge is 0.341 e. The molecule has 16 heteroatoms. The van der Waals surface area contributed by atoms with Crippen LogP contribution in [-0.4, -0.2) is 65.9 Å². The Balaban J connectivity index is 0.000000244. The third kappa shape index (κ3) is 8.86. The highest BCUT2D eigenvalue weighted by molar-refractivity contribution is 7.87. The number of aromatic nitrogens is 4. The Morgan fingerprint density at radius 3 is 2.10 bits per heavy atom. The highest BCUT2D eigenvalue weighted by Crippen LogP contribution is 2.33. The molecule has 0 bridgehead atoms. The summed E-state index contributed by atoms with van der Waals surface area (Å²) in [5, 5.41) is 18.3. The Morgan fingerprint density at radius 2 is 1.51 bits per heavy atom. The zero-order valence-electron chi connectivity index (χ0n) is 27.9. The number of nitriles is 2. The maximum Gasteiger partial charge on any atom is 0.341 e. The van der Waals surface area contributed by atoms with E-state index in [2.05, 4.69) is 21.0 Å². The van der Waals surface area contributed by atoms with E-state index in [4.69, 9.17) is 35.8 Å². The summed E-state index contributed by atoms with van der Waals surface area (Å²) in [6, 6.07) is 26.1. The molecular weight excluding hydrogens is 698 g/mol. The van der Waals surface area contributed by atoms with Crippen molar-refractivity contribution in [3.05, 3.63) is 119 Å². The standard InChI is InChI=1S/C22H17N3O5.C13H13ClN4O2S/c1-27-13-17(22(26)28-2)16-8-4-6-10-19(16)30-21-11-20(24-14-25-21)29-18-9-5-3-7-15(18)12-23;1-9-4-6-10(7-5-9)12-13(14)16-11(8-15)18(12)21(19,20)17(2)3/h3-11,13-14H,1-2H3;4-7H,1-3H3/b17-13+;. The molecule has 3 aromatic carbocycles. The molecule has 260 valence electrons. The zero-order chi connectivity index (χ0) is 37.1. The van der Waals surface area contributed by atoms with Crippen LogP contribution in [0.1, 0.15) is 22.5 Å². The summed E-state index contributed by atoms with van der Waals surface area (Å²) >= 11 is 6.05. The summed E-state index contributed by atoms with van der Waals surface area (Å²) < 4.78 is 48.1. The topological polar surface area (TPSA) is 183 Å². The molecular formula is C35H30ClN7O7S. The number of hydrogen-bond donors (Lipinski definition) is 0. The number of halogens is 1. The molecule has 0 saturated carbocycles. The molecule has 0 spiro atoms. The van der Waals surface area contributed by atoms with Gasteiger partial charge in [0.05, 0.1) is 32.1 Å². The molecule has 14 nitrogen and oxygen atoms in total. The van der Waals surface area contributed by atoms with Crippen molar-refractivity contribution in [2.75, 3.05) is 28.3 Å². The molecule has 51 heavy (non-hydrogen) atoms. The van der Waals surface area contributed by atoms with Gasteiger partial charge in [-0.3, -0.25) is 0 Å². The molecule has 0 N–H and O–H groups in total. The van der Waals surface area contributed by atoms with Gasteiger partial charge in [0.2, 0.25) is 17.6 Å². The van der Waals surface area contributed by atoms with Crippen LogP contribution in [0.5, 0.6) is 23.3 Å². The van der Waals surface area contributed by atoms with Crippen molar-refractivity contribution in [2.24, 2.45) is 0 Å². The van der Waals surface area contributed by atoms with Crippen LogP contribution in [0.25, 0.3) is 16.8 Å². The fraction of sp³-hybridized carbons (Fsp3) is 0.143. The zero-order valence-corrected chi connectivity index (χ0v) is 29.5. The van der Waals surface area contributed by atoms with E-state index >= 15 is 0 Å². The Morgan fingerprint density at radius 1 is 0.902 bits per heavy atom. The van der Waals surface area contributed by atoms with E-state index < -0.39 is 16.2 Å². The third-order valence-electron chi connectivity index (χ3n) is 6.78. The molecule has 0 aliphatic rings. The van der Waals surface area contributed by atoms with Crippen molar-refractivity contribution < 1.29 is 32.2 Å². The van der Waals surface area contributed by atoms with E-state index in [-0.39, 0.29) is 34.0 Å². The van der Waals surface area contributed by atoms with Crippen LogP contribution in [-0.2, 0) is 24.5 Å². The molecule has 0 aliphatic carbocycles. The number of hydrogen-bond acceptors (Lipinski definition) is 12. The van der Waals surface area contributed by atoms with Crippen molar-refractivity contribution in [1.29, 1.82) is 10.5 Å². The number of methoxy groups -OCH3 is 2. The Bertz CT molecular complexity index is 2260. The van der Waals surface area contributed by atoms with Gasteiger partial charge in [-0.25, -0.2) is 19.7 Å². The second kappa shape index (κ2) is 16.9. The minimum absolute atomic E-state index is 0.0270. The molecule has 5 aromatic rings. The van der Waals surface area contributed by atoms with Gasteiger partial charge in [0.15, 0.2) is 5.15 Å². The predicted octanol–water partition coefficient (Wildman–Crippen LogP) is 6.13. The van der Waals surface area contributed by atoms with Crippen molar-refractivity contribution in [1.82, 2.24) is 23.2 Å². The van der Waals surface area contributed by atoms with E-state index in [1.165, 1.54) is 47.0 Å². The van der Waals surface area contributed by atoms with Crippen LogP contribution in [0, 0.1) is 29.6 Å². The summed E-state index contributed by atoms with van der Waals surface area (Å²) in [6.07, 6.45) is 2.55. The van der Waals surface area contributed by atoms with Gasteiger partial charge in [-0.2, -0.15) is 27.2 Å². The molecule has 0 fully saturated rings. The number of benzene rings is 3. The summed E-state index contributed by atoms with van der Waals surface area (Å²) in [4.78, 5) is 24.1. The third-order valence-corrected chi connectivity index (χ3v) is 8.79. The van der Waals surface area contributed by atoms with E-state index in [1.807, 2.05) is 19.1 Å². The van der Waals surface area contributed by atoms with Gasteiger partial charge in [-0.1, -0.05) is 71.8 Å². The molecule has 2 aromatic heterocycles. The molecule has 0 aliphatic heterocycles. The first kappa shape index (κ1) is 37.6. The number of imidazole rings is 1. The van der Waals surface area contributed by atoms with Gasteiger partial charge < -0.3 is 18.9 Å². The lowest BCUT2D eigenvalue weighted by atomic mass is 10.1. The fourth-order valence-electron chi connectivity index (χ4n) is 4.32. The summed E-state index contributed by atoms with van der Waals surface area (Å²) in [7, 11) is 1.56. The van der Waals surface area contributed by atoms with Crippen LogP contribution in [0.15, 0.2) is 91.5 Å². The number of rotatable bonds is 10. The fourth-order valence-corrected chi connectivity index (χ4v) is 5.70. The summed E-state index contributed by atoms with van der Waals surface area (Å²) in [5.74, 6) is 0.246. The van der Waals surface area contributed by atoms with E-state index in [1.54, 1.807) is 66.7 Å². The number of ether oxygens (including phenoxy) is 4. The highest BCUT2D eigenvalue weighted by Gasteiger charge is 2.28. The number of carbonyl (C=O) groups excluding carboxylic acids is 1. The predicted molar refractivity (Wildman–Crippen MR) is 187 cm³/mol. The minimum Gasteiger partial charge on any atom is -0.503 e. The number of nitrogens with zero attached hydrogens (tertiary/aromatic N) is 7. The lowest BCUT2D eigenvalue weighted by molar-refractivity contribution is -0.133. The summed E-state index contributed by atoms with van der Waals surface area (Å²) in [5.41, 5.74) is 2.80. The molecule has 5 rings (SSSR count). The number of carbonyl (C=O) groups is 1. The Hall–Kier alpha value is -6.26. The summed E-state index contributed by atoms with van der Waals surface area (Å²) in [6.45, 7) is 1.92. The number of esters is 1. The molecule has 0 radical (unpaired) electrons. The van der Waals surface area contributed by atoms with Crippen LogP contribution < -0.4 is 9.47 Å². The number of para-hydroxylation sites is 2. The maximum atomic E-state index is 12.4. The first-order chi connectivity index (χ1) is 24.4. The lowest BCUT2D eigenvalue weighted by Crippen LogP contribution is -2.30. The number of aryl methyl sites for hydroxylation is 1. The molecule has 0 unspecified atom stereocenters. The molecule has 0 atom stereocenters. The normalized spacial score (nSPS) is 11.0. The van der Waals surface area contributed by atoms with Gasteiger partial charge >= 0.3 is 16.2 Å². The monoisotopic (exact) mass is 727 g/mol. The second-order valence-corrected chi connectivity index (χ2v) is 12.7. The SMILES string of the molecule is CO/C=C(/C(=O)OC)c1ccccc1Oc1cc(Oc2ccccc2C#N)ncn1.Cc1ccc(-c2c(Cl)nc(C#N)n2S(=O)(=O)N(C)C)cc1. The van der Waals surface area contributed by atoms with Crippen LogP contribution >= 0.6 is 11.6 Å². The molecule has 0 amide bonds. The minimum atomic E-state index is -3.91. The first-order valence-corrected chi connectivity index (χ1v) is 16.5. The average Bonchev–Trinajstić information content (AvgIpc) is 3.48. The van der Waals surface area contributed by atoms with Crippen LogP contribution in [0.3, 0.4) is 0 Å².